The number of anilines is 2. The van der Waals surface area contributed by atoms with Crippen LogP contribution >= 0.6 is 23.2 Å². The fraction of sp³-hybridized carbons (Fsp3) is 0.0588. The van der Waals surface area contributed by atoms with Gasteiger partial charge in [0.25, 0.3) is 11.8 Å². The number of benzene rings is 1. The Balaban J connectivity index is 1.75. The van der Waals surface area contributed by atoms with Gasteiger partial charge in [-0.25, -0.2) is 4.98 Å². The number of hydrogen-bond donors (Lipinski definition) is 2. The summed E-state index contributed by atoms with van der Waals surface area (Å²) in [6.07, 6.45) is 0. The van der Waals surface area contributed by atoms with Crippen LogP contribution in [0.15, 0.2) is 47.0 Å². The Bertz CT molecular complexity index is 988. The predicted octanol–water partition coefficient (Wildman–Crippen LogP) is 4.19. The summed E-state index contributed by atoms with van der Waals surface area (Å²) < 4.78 is 4.88. The summed E-state index contributed by atoms with van der Waals surface area (Å²) in [5.74, 6) is -0.211. The molecule has 0 aliphatic heterocycles. The Morgan fingerprint density at radius 3 is 2.31 bits per heavy atom. The van der Waals surface area contributed by atoms with Crippen molar-refractivity contribution in [3.8, 4) is 0 Å². The maximum atomic E-state index is 12.4. The molecule has 0 saturated carbocycles. The summed E-state index contributed by atoms with van der Waals surface area (Å²) in [6, 6.07) is 10.8. The molecule has 2 N–H and O–H groups in total. The van der Waals surface area contributed by atoms with Gasteiger partial charge in [0, 0.05) is 11.1 Å². The van der Waals surface area contributed by atoms with Crippen LogP contribution in [0, 0.1) is 6.92 Å². The van der Waals surface area contributed by atoms with Crippen LogP contribution < -0.4 is 10.6 Å². The fourth-order valence-electron chi connectivity index (χ4n) is 2.07. The molecule has 2 aromatic heterocycles. The van der Waals surface area contributed by atoms with Crippen LogP contribution in [0.1, 0.15) is 26.7 Å². The van der Waals surface area contributed by atoms with E-state index < -0.39 is 11.8 Å². The molecular weight excluding hydrogens is 379 g/mol. The van der Waals surface area contributed by atoms with Gasteiger partial charge in [-0.1, -0.05) is 34.4 Å². The first kappa shape index (κ1) is 17.9. The Hall–Kier alpha value is -2.90. The van der Waals surface area contributed by atoms with Gasteiger partial charge in [0.15, 0.2) is 5.82 Å². The van der Waals surface area contributed by atoms with Crippen molar-refractivity contribution in [2.24, 2.45) is 0 Å². The SMILES string of the molecule is Cc1cc(NC(=O)c2cccc(C(=O)Nc3ccc(Cl)cc3Cl)n2)no1. The van der Waals surface area contributed by atoms with Crippen LogP contribution in [0.25, 0.3) is 0 Å². The molecule has 0 aliphatic carbocycles. The molecule has 7 nitrogen and oxygen atoms in total. The Morgan fingerprint density at radius 1 is 1.00 bits per heavy atom. The summed E-state index contributed by atoms with van der Waals surface area (Å²) >= 11 is 11.9. The number of amides is 2. The number of nitrogens with one attached hydrogen (secondary N) is 2. The van der Waals surface area contributed by atoms with Crippen LogP contribution in [-0.2, 0) is 0 Å². The minimum absolute atomic E-state index is 0.0556. The number of halogens is 2. The molecule has 0 atom stereocenters. The lowest BCUT2D eigenvalue weighted by atomic mass is 10.2. The molecule has 3 rings (SSSR count). The summed E-state index contributed by atoms with van der Waals surface area (Å²) in [4.78, 5) is 28.7. The van der Waals surface area contributed by atoms with E-state index in [1.165, 1.54) is 18.2 Å². The summed E-state index contributed by atoms with van der Waals surface area (Å²) in [5, 5.41) is 9.57. The molecule has 0 radical (unpaired) electrons. The van der Waals surface area contributed by atoms with Gasteiger partial charge in [-0.05, 0) is 37.3 Å². The van der Waals surface area contributed by atoms with Crippen LogP contribution in [0.3, 0.4) is 0 Å². The lowest BCUT2D eigenvalue weighted by Gasteiger charge is -2.08. The zero-order valence-corrected chi connectivity index (χ0v) is 14.9. The minimum atomic E-state index is -0.516. The smallest absolute Gasteiger partial charge is 0.275 e. The predicted molar refractivity (Wildman–Crippen MR) is 97.8 cm³/mol. The van der Waals surface area contributed by atoms with Crippen molar-refractivity contribution in [1.82, 2.24) is 10.1 Å². The molecule has 0 bridgehead atoms. The van der Waals surface area contributed by atoms with Crippen LogP contribution in [0.4, 0.5) is 11.5 Å². The number of aryl methyl sites for hydroxylation is 1. The minimum Gasteiger partial charge on any atom is -0.360 e. The number of aromatic nitrogens is 2. The zero-order chi connectivity index (χ0) is 18.7. The van der Waals surface area contributed by atoms with E-state index in [0.717, 1.165) is 0 Å². The number of nitrogens with zero attached hydrogens (tertiary/aromatic N) is 2. The van der Waals surface area contributed by atoms with Crippen molar-refractivity contribution in [3.05, 3.63) is 69.7 Å². The van der Waals surface area contributed by atoms with Gasteiger partial charge in [0.05, 0.1) is 10.7 Å². The Morgan fingerprint density at radius 2 is 1.69 bits per heavy atom. The third-order valence-electron chi connectivity index (χ3n) is 3.26. The molecule has 2 heterocycles. The molecule has 0 aliphatic rings. The molecule has 0 spiro atoms. The van der Waals surface area contributed by atoms with Gasteiger partial charge < -0.3 is 15.2 Å². The van der Waals surface area contributed by atoms with Gasteiger partial charge in [0.2, 0.25) is 0 Å². The van der Waals surface area contributed by atoms with Crippen LogP contribution in [0.2, 0.25) is 10.0 Å². The van der Waals surface area contributed by atoms with Gasteiger partial charge in [0.1, 0.15) is 17.1 Å². The molecule has 3 aromatic rings. The number of hydrogen-bond acceptors (Lipinski definition) is 5. The maximum Gasteiger partial charge on any atom is 0.275 e. The molecule has 0 saturated heterocycles. The fourth-order valence-corrected chi connectivity index (χ4v) is 2.53. The van der Waals surface area contributed by atoms with Crippen molar-refractivity contribution < 1.29 is 14.1 Å². The van der Waals surface area contributed by atoms with Crippen molar-refractivity contribution in [2.45, 2.75) is 6.92 Å². The van der Waals surface area contributed by atoms with Crippen molar-refractivity contribution in [3.63, 3.8) is 0 Å². The van der Waals surface area contributed by atoms with Crippen molar-refractivity contribution >= 4 is 46.5 Å². The normalized spacial score (nSPS) is 10.4. The first-order chi connectivity index (χ1) is 12.4. The molecule has 0 fully saturated rings. The highest BCUT2D eigenvalue weighted by atomic mass is 35.5. The highest BCUT2D eigenvalue weighted by molar-refractivity contribution is 6.36. The van der Waals surface area contributed by atoms with E-state index >= 15 is 0 Å². The van der Waals surface area contributed by atoms with E-state index in [1.54, 1.807) is 31.2 Å². The number of pyridine rings is 1. The number of carbonyl (C=O) groups excluding carboxylic acids is 2. The van der Waals surface area contributed by atoms with E-state index in [1.807, 2.05) is 0 Å². The van der Waals surface area contributed by atoms with Crippen LogP contribution in [-0.4, -0.2) is 22.0 Å². The third kappa shape index (κ3) is 4.19. The average molecular weight is 391 g/mol. The first-order valence-electron chi connectivity index (χ1n) is 7.40. The first-order valence-corrected chi connectivity index (χ1v) is 8.16. The quantitative estimate of drug-likeness (QED) is 0.695. The molecular formula is C17H12Cl2N4O3. The van der Waals surface area contributed by atoms with E-state index in [4.69, 9.17) is 27.7 Å². The molecule has 2 amide bonds. The second kappa shape index (κ2) is 7.55. The standard InChI is InChI=1S/C17H12Cl2N4O3/c1-9-7-15(23-26-9)22-17(25)14-4-2-3-13(20-14)16(24)21-12-6-5-10(18)8-11(12)19/h2-8H,1H3,(H,21,24)(H,22,23,25). The summed E-state index contributed by atoms with van der Waals surface area (Å²) in [5.41, 5.74) is 0.497. The second-order valence-electron chi connectivity index (χ2n) is 5.26. The summed E-state index contributed by atoms with van der Waals surface area (Å²) in [6.45, 7) is 1.70. The van der Waals surface area contributed by atoms with Crippen LogP contribution in [0.5, 0.6) is 0 Å². The molecule has 0 unspecified atom stereocenters. The molecule has 1 aromatic carbocycles. The summed E-state index contributed by atoms with van der Waals surface area (Å²) in [7, 11) is 0. The Labute approximate surface area is 158 Å². The monoisotopic (exact) mass is 390 g/mol. The van der Waals surface area contributed by atoms with E-state index in [-0.39, 0.29) is 17.2 Å². The van der Waals surface area contributed by atoms with E-state index in [2.05, 4.69) is 20.8 Å². The second-order valence-corrected chi connectivity index (χ2v) is 6.11. The van der Waals surface area contributed by atoms with Gasteiger partial charge >= 0.3 is 0 Å². The highest BCUT2D eigenvalue weighted by Gasteiger charge is 2.15. The molecule has 26 heavy (non-hydrogen) atoms. The lowest BCUT2D eigenvalue weighted by molar-refractivity contribution is 0.101. The Kier molecular flexibility index (Phi) is 5.20. The van der Waals surface area contributed by atoms with E-state index in [0.29, 0.717) is 21.5 Å². The van der Waals surface area contributed by atoms with E-state index in [9.17, 15) is 9.59 Å². The third-order valence-corrected chi connectivity index (χ3v) is 3.81. The molecule has 9 heteroatoms. The largest absolute Gasteiger partial charge is 0.360 e. The highest BCUT2D eigenvalue weighted by Crippen LogP contribution is 2.25. The van der Waals surface area contributed by atoms with Crippen molar-refractivity contribution in [1.29, 1.82) is 0 Å². The topological polar surface area (TPSA) is 97.1 Å². The van der Waals surface area contributed by atoms with Gasteiger partial charge in [-0.3, -0.25) is 9.59 Å². The number of rotatable bonds is 4. The van der Waals surface area contributed by atoms with Gasteiger partial charge in [-0.15, -0.1) is 0 Å². The van der Waals surface area contributed by atoms with Gasteiger partial charge in [-0.2, -0.15) is 0 Å². The zero-order valence-electron chi connectivity index (χ0n) is 13.4. The number of carbonyl (C=O) groups is 2. The maximum absolute atomic E-state index is 12.4. The van der Waals surface area contributed by atoms with Crippen molar-refractivity contribution in [2.75, 3.05) is 10.6 Å². The average Bonchev–Trinajstić information content (AvgIpc) is 3.02. The molecule has 132 valence electrons. The lowest BCUT2D eigenvalue weighted by Crippen LogP contribution is -2.18.